The van der Waals surface area contributed by atoms with E-state index in [-0.39, 0.29) is 23.7 Å². The lowest BCUT2D eigenvalue weighted by Gasteiger charge is -2.20. The Hall–Kier alpha value is -3.40. The molecule has 2 atom stereocenters. The van der Waals surface area contributed by atoms with Crippen LogP contribution < -0.4 is 5.32 Å². The van der Waals surface area contributed by atoms with E-state index >= 15 is 0 Å². The summed E-state index contributed by atoms with van der Waals surface area (Å²) >= 11 is 0. The number of para-hydroxylation sites is 1. The summed E-state index contributed by atoms with van der Waals surface area (Å²) in [5, 5.41) is 4.32. The number of benzene rings is 3. The van der Waals surface area contributed by atoms with Crippen LogP contribution in [-0.4, -0.2) is 16.5 Å². The third-order valence-corrected chi connectivity index (χ3v) is 6.31. The van der Waals surface area contributed by atoms with Crippen LogP contribution in [0.2, 0.25) is 0 Å². The number of carbonyl (C=O) groups excluding carboxylic acids is 1. The molecule has 3 nitrogen and oxygen atoms in total. The summed E-state index contributed by atoms with van der Waals surface area (Å²) in [6, 6.07) is 25.2. The van der Waals surface area contributed by atoms with E-state index in [4.69, 9.17) is 0 Å². The largest absolute Gasteiger partial charge is 0.354 e. The second kappa shape index (κ2) is 10.5. The Kier molecular flexibility index (Phi) is 7.23. The summed E-state index contributed by atoms with van der Waals surface area (Å²) in [4.78, 5) is 13.1. The molecular weight excluding hydrogens is 411 g/mol. The van der Waals surface area contributed by atoms with Crippen LogP contribution in [0.25, 0.3) is 10.9 Å². The first-order chi connectivity index (χ1) is 16.0. The number of carbonyl (C=O) groups is 1. The first-order valence-corrected chi connectivity index (χ1v) is 11.7. The van der Waals surface area contributed by atoms with Gasteiger partial charge in [-0.2, -0.15) is 0 Å². The quantitative estimate of drug-likeness (QED) is 0.317. The average Bonchev–Trinajstić information content (AvgIpc) is 3.21. The maximum absolute atomic E-state index is 13.6. The van der Waals surface area contributed by atoms with Crippen molar-refractivity contribution in [3.05, 3.63) is 108 Å². The topological polar surface area (TPSA) is 34.0 Å². The third-order valence-electron chi connectivity index (χ3n) is 6.31. The zero-order chi connectivity index (χ0) is 23.2. The van der Waals surface area contributed by atoms with E-state index in [1.165, 1.54) is 17.7 Å². The molecule has 0 saturated heterocycles. The van der Waals surface area contributed by atoms with Gasteiger partial charge < -0.3 is 9.88 Å². The SMILES string of the molecule is CCn1cc([C@H](CC(=O)N[C@@H](C)CCc2ccccc2)c2ccc(F)cc2)c2ccccc21. The molecule has 0 aliphatic rings. The molecule has 0 aliphatic carbocycles. The summed E-state index contributed by atoms with van der Waals surface area (Å²) in [5.41, 5.74) is 4.47. The van der Waals surface area contributed by atoms with Gasteiger partial charge in [0, 0.05) is 42.0 Å². The fourth-order valence-electron chi connectivity index (χ4n) is 4.54. The molecule has 0 aliphatic heterocycles. The van der Waals surface area contributed by atoms with Crippen molar-refractivity contribution < 1.29 is 9.18 Å². The van der Waals surface area contributed by atoms with Gasteiger partial charge in [0.1, 0.15) is 5.82 Å². The van der Waals surface area contributed by atoms with Crippen molar-refractivity contribution in [1.29, 1.82) is 0 Å². The first-order valence-electron chi connectivity index (χ1n) is 11.7. The molecule has 4 rings (SSSR count). The second-order valence-corrected chi connectivity index (χ2v) is 8.69. The Bertz CT molecular complexity index is 1200. The number of rotatable bonds is 9. The Labute approximate surface area is 195 Å². The zero-order valence-corrected chi connectivity index (χ0v) is 19.3. The van der Waals surface area contributed by atoms with Gasteiger partial charge in [0.2, 0.25) is 5.91 Å². The number of halogens is 1. The van der Waals surface area contributed by atoms with Gasteiger partial charge in [-0.1, -0.05) is 60.7 Å². The van der Waals surface area contributed by atoms with Crippen LogP contribution in [0, 0.1) is 5.82 Å². The Balaban J connectivity index is 1.55. The van der Waals surface area contributed by atoms with Crippen LogP contribution >= 0.6 is 0 Å². The van der Waals surface area contributed by atoms with Crippen LogP contribution in [0.1, 0.15) is 49.3 Å². The number of amides is 1. The summed E-state index contributed by atoms with van der Waals surface area (Å²) in [5.74, 6) is -0.407. The van der Waals surface area contributed by atoms with Gasteiger partial charge in [0.15, 0.2) is 0 Å². The van der Waals surface area contributed by atoms with E-state index in [0.29, 0.717) is 6.42 Å². The van der Waals surface area contributed by atoms with Crippen LogP contribution in [0.15, 0.2) is 85.1 Å². The molecule has 4 heteroatoms. The Morgan fingerprint density at radius 1 is 0.970 bits per heavy atom. The fraction of sp³-hybridized carbons (Fsp3) is 0.276. The van der Waals surface area contributed by atoms with E-state index in [9.17, 15) is 9.18 Å². The molecule has 0 fully saturated rings. The van der Waals surface area contributed by atoms with E-state index in [0.717, 1.165) is 41.4 Å². The molecular formula is C29H31FN2O. The molecule has 33 heavy (non-hydrogen) atoms. The van der Waals surface area contributed by atoms with E-state index in [1.807, 2.05) is 30.3 Å². The van der Waals surface area contributed by atoms with Crippen LogP contribution in [0.3, 0.4) is 0 Å². The molecule has 1 N–H and O–H groups in total. The molecule has 0 radical (unpaired) electrons. The molecule has 1 heterocycles. The highest BCUT2D eigenvalue weighted by Gasteiger charge is 2.23. The van der Waals surface area contributed by atoms with Gasteiger partial charge in [-0.05, 0) is 61.6 Å². The molecule has 0 unspecified atom stereocenters. The van der Waals surface area contributed by atoms with Crippen molar-refractivity contribution in [2.45, 2.75) is 51.6 Å². The third kappa shape index (κ3) is 5.51. The molecule has 0 saturated carbocycles. The number of hydrogen-bond donors (Lipinski definition) is 1. The summed E-state index contributed by atoms with van der Waals surface area (Å²) < 4.78 is 15.8. The molecule has 0 bridgehead atoms. The van der Waals surface area contributed by atoms with E-state index < -0.39 is 0 Å². The normalized spacial score (nSPS) is 13.1. The van der Waals surface area contributed by atoms with Crippen LogP contribution in [0.4, 0.5) is 4.39 Å². The minimum absolute atomic E-state index is 0.0122. The number of nitrogens with one attached hydrogen (secondary N) is 1. The molecule has 4 aromatic rings. The van der Waals surface area contributed by atoms with Crippen molar-refractivity contribution in [2.75, 3.05) is 0 Å². The number of fused-ring (bicyclic) bond motifs is 1. The number of aromatic nitrogens is 1. The molecule has 0 spiro atoms. The monoisotopic (exact) mass is 442 g/mol. The lowest BCUT2D eigenvalue weighted by Crippen LogP contribution is -2.33. The minimum Gasteiger partial charge on any atom is -0.354 e. The van der Waals surface area contributed by atoms with Crippen molar-refractivity contribution in [3.8, 4) is 0 Å². The molecule has 1 amide bonds. The van der Waals surface area contributed by atoms with Gasteiger partial charge >= 0.3 is 0 Å². The van der Waals surface area contributed by atoms with Gasteiger partial charge in [-0.15, -0.1) is 0 Å². The van der Waals surface area contributed by atoms with Crippen LogP contribution in [0.5, 0.6) is 0 Å². The van der Waals surface area contributed by atoms with Crippen molar-refractivity contribution in [1.82, 2.24) is 9.88 Å². The first kappa shape index (κ1) is 22.8. The standard InChI is InChI=1S/C29H31FN2O/c1-3-32-20-27(25-11-7-8-12-28(25)32)26(23-15-17-24(30)18-16-23)19-29(33)31-21(2)13-14-22-9-5-4-6-10-22/h4-12,15-18,20-21,26H,3,13-14,19H2,1-2H3,(H,31,33)/t21-,26+/m0/s1. The lowest BCUT2D eigenvalue weighted by atomic mass is 9.88. The highest BCUT2D eigenvalue weighted by atomic mass is 19.1. The number of hydrogen-bond acceptors (Lipinski definition) is 1. The molecule has 3 aromatic carbocycles. The van der Waals surface area contributed by atoms with Gasteiger partial charge in [-0.25, -0.2) is 4.39 Å². The van der Waals surface area contributed by atoms with Crippen molar-refractivity contribution in [3.63, 3.8) is 0 Å². The maximum Gasteiger partial charge on any atom is 0.221 e. The second-order valence-electron chi connectivity index (χ2n) is 8.69. The number of aryl methyl sites for hydroxylation is 2. The predicted octanol–water partition coefficient (Wildman–Crippen LogP) is 6.46. The molecule has 1 aromatic heterocycles. The van der Waals surface area contributed by atoms with Gasteiger partial charge in [0.25, 0.3) is 0 Å². The highest BCUT2D eigenvalue weighted by Crippen LogP contribution is 2.35. The van der Waals surface area contributed by atoms with Gasteiger partial charge in [-0.3, -0.25) is 4.79 Å². The smallest absolute Gasteiger partial charge is 0.221 e. The lowest BCUT2D eigenvalue weighted by molar-refractivity contribution is -0.121. The van der Waals surface area contributed by atoms with Crippen molar-refractivity contribution in [2.24, 2.45) is 0 Å². The predicted molar refractivity (Wildman–Crippen MR) is 133 cm³/mol. The zero-order valence-electron chi connectivity index (χ0n) is 19.3. The Morgan fingerprint density at radius 2 is 1.67 bits per heavy atom. The highest BCUT2D eigenvalue weighted by molar-refractivity contribution is 5.86. The summed E-state index contributed by atoms with van der Waals surface area (Å²) in [6.45, 7) is 5.01. The number of nitrogens with zero attached hydrogens (tertiary/aromatic N) is 1. The van der Waals surface area contributed by atoms with Crippen LogP contribution in [-0.2, 0) is 17.8 Å². The minimum atomic E-state index is -0.271. The van der Waals surface area contributed by atoms with E-state index in [1.54, 1.807) is 12.1 Å². The van der Waals surface area contributed by atoms with Gasteiger partial charge in [0.05, 0.1) is 0 Å². The molecule has 170 valence electrons. The average molecular weight is 443 g/mol. The van der Waals surface area contributed by atoms with Crippen molar-refractivity contribution >= 4 is 16.8 Å². The summed E-state index contributed by atoms with van der Waals surface area (Å²) in [6.07, 6.45) is 4.27. The maximum atomic E-state index is 13.6. The Morgan fingerprint density at radius 3 is 2.39 bits per heavy atom. The van der Waals surface area contributed by atoms with E-state index in [2.05, 4.69) is 54.2 Å². The fourth-order valence-corrected chi connectivity index (χ4v) is 4.54. The summed E-state index contributed by atoms with van der Waals surface area (Å²) in [7, 11) is 0.